The molecule has 32 heavy (non-hydrogen) atoms. The van der Waals surface area contributed by atoms with Crippen molar-refractivity contribution in [2.75, 3.05) is 38.7 Å². The number of benzene rings is 2. The lowest BCUT2D eigenvalue weighted by atomic mass is 10.2. The van der Waals surface area contributed by atoms with E-state index in [1.165, 1.54) is 12.7 Å². The number of fused-ring (bicyclic) bond motifs is 1. The van der Waals surface area contributed by atoms with Crippen LogP contribution in [0.3, 0.4) is 0 Å². The number of morpholine rings is 1. The number of rotatable bonds is 6. The van der Waals surface area contributed by atoms with Crippen LogP contribution in [0.15, 0.2) is 48.7 Å². The van der Waals surface area contributed by atoms with E-state index in [4.69, 9.17) is 14.5 Å². The molecule has 164 valence electrons. The number of carbonyl (C=O) groups excluding carboxylic acids is 1. The third-order valence-electron chi connectivity index (χ3n) is 5.52. The summed E-state index contributed by atoms with van der Waals surface area (Å²) in [5.41, 5.74) is 4.49. The van der Waals surface area contributed by atoms with E-state index in [-0.39, 0.29) is 5.91 Å². The predicted molar refractivity (Wildman–Crippen MR) is 121 cm³/mol. The van der Waals surface area contributed by atoms with Gasteiger partial charge >= 0.3 is 0 Å². The molecule has 3 heterocycles. The Labute approximate surface area is 184 Å². The molecule has 0 spiro atoms. The first-order valence-corrected chi connectivity index (χ1v) is 10.5. The monoisotopic (exact) mass is 432 g/mol. The van der Waals surface area contributed by atoms with Crippen LogP contribution in [-0.2, 0) is 11.3 Å². The van der Waals surface area contributed by atoms with Crippen molar-refractivity contribution in [1.29, 1.82) is 0 Å². The number of ether oxygens (including phenoxy) is 2. The first kappa shape index (κ1) is 20.2. The number of imidazole rings is 1. The summed E-state index contributed by atoms with van der Waals surface area (Å²) in [4.78, 5) is 23.2. The normalized spacial score (nSPS) is 14.5. The fourth-order valence-corrected chi connectivity index (χ4v) is 3.87. The number of carbonyl (C=O) groups is 1. The summed E-state index contributed by atoms with van der Waals surface area (Å²) in [7, 11) is 1.54. The third kappa shape index (κ3) is 4.08. The number of nitrogens with zero attached hydrogens (tertiary/aromatic N) is 3. The lowest BCUT2D eigenvalue weighted by Gasteiger charge is -2.26. The molecule has 2 aromatic carbocycles. The quantitative estimate of drug-likeness (QED) is 0.432. The predicted octanol–water partition coefficient (Wildman–Crippen LogP) is 3.05. The van der Waals surface area contributed by atoms with Gasteiger partial charge in [-0.3, -0.25) is 14.8 Å². The number of methoxy groups -OCH3 is 1. The van der Waals surface area contributed by atoms with Crippen LogP contribution >= 0.6 is 0 Å². The van der Waals surface area contributed by atoms with E-state index in [9.17, 15) is 4.79 Å². The zero-order valence-electron chi connectivity index (χ0n) is 17.7. The smallest absolute Gasteiger partial charge is 0.259 e. The molecule has 1 aliphatic heterocycles. The van der Waals surface area contributed by atoms with Crippen molar-refractivity contribution in [3.63, 3.8) is 0 Å². The van der Waals surface area contributed by atoms with Gasteiger partial charge in [-0.05, 0) is 29.8 Å². The van der Waals surface area contributed by atoms with Crippen LogP contribution in [0.25, 0.3) is 22.6 Å². The van der Waals surface area contributed by atoms with E-state index >= 15 is 0 Å². The molecule has 0 unspecified atom stereocenters. The van der Waals surface area contributed by atoms with Crippen molar-refractivity contribution < 1.29 is 14.3 Å². The Morgan fingerprint density at radius 3 is 2.91 bits per heavy atom. The molecular weight excluding hydrogens is 408 g/mol. The molecule has 0 radical (unpaired) electrons. The van der Waals surface area contributed by atoms with Gasteiger partial charge in [-0.2, -0.15) is 5.10 Å². The van der Waals surface area contributed by atoms with Crippen molar-refractivity contribution in [3.8, 4) is 17.3 Å². The number of aromatic amines is 2. The molecule has 0 bridgehead atoms. The largest absolute Gasteiger partial charge is 0.496 e. The maximum atomic E-state index is 12.8. The fraction of sp³-hybridized carbons (Fsp3) is 0.261. The Morgan fingerprint density at radius 1 is 1.22 bits per heavy atom. The Kier molecular flexibility index (Phi) is 5.57. The van der Waals surface area contributed by atoms with Gasteiger partial charge in [-0.1, -0.05) is 18.2 Å². The minimum absolute atomic E-state index is 0.283. The second kappa shape index (κ2) is 8.81. The molecule has 2 aromatic heterocycles. The van der Waals surface area contributed by atoms with Crippen LogP contribution in [0.2, 0.25) is 0 Å². The number of aromatic nitrogens is 4. The maximum absolute atomic E-state index is 12.8. The molecule has 0 atom stereocenters. The lowest BCUT2D eigenvalue weighted by Crippen LogP contribution is -2.35. The number of amides is 1. The minimum Gasteiger partial charge on any atom is -0.496 e. The lowest BCUT2D eigenvalue weighted by molar-refractivity contribution is 0.0342. The van der Waals surface area contributed by atoms with Crippen LogP contribution in [0.5, 0.6) is 5.75 Å². The Morgan fingerprint density at radius 2 is 2.06 bits per heavy atom. The van der Waals surface area contributed by atoms with Crippen LogP contribution in [0.4, 0.5) is 5.69 Å². The molecule has 9 nitrogen and oxygen atoms in total. The number of hydrogen-bond donors (Lipinski definition) is 3. The third-order valence-corrected chi connectivity index (χ3v) is 5.52. The summed E-state index contributed by atoms with van der Waals surface area (Å²) in [5.74, 6) is 0.806. The van der Waals surface area contributed by atoms with Crippen molar-refractivity contribution in [2.24, 2.45) is 0 Å². The number of anilines is 1. The van der Waals surface area contributed by atoms with Gasteiger partial charge in [0.05, 0.1) is 42.6 Å². The summed E-state index contributed by atoms with van der Waals surface area (Å²) in [6.07, 6.45) is 1.64. The Hall–Kier alpha value is -3.69. The topological polar surface area (TPSA) is 108 Å². The van der Waals surface area contributed by atoms with Gasteiger partial charge in [0, 0.05) is 25.8 Å². The van der Waals surface area contributed by atoms with E-state index in [1.54, 1.807) is 24.4 Å². The first-order valence-electron chi connectivity index (χ1n) is 10.5. The summed E-state index contributed by atoms with van der Waals surface area (Å²) in [5, 5.41) is 10.0. The van der Waals surface area contributed by atoms with Gasteiger partial charge in [0.15, 0.2) is 11.5 Å². The molecule has 1 amide bonds. The highest BCUT2D eigenvalue weighted by Crippen LogP contribution is 2.27. The minimum atomic E-state index is -0.283. The zero-order valence-corrected chi connectivity index (χ0v) is 17.7. The maximum Gasteiger partial charge on any atom is 0.259 e. The second-order valence-electron chi connectivity index (χ2n) is 7.63. The molecule has 0 saturated carbocycles. The van der Waals surface area contributed by atoms with Crippen LogP contribution in [-0.4, -0.2) is 64.4 Å². The van der Waals surface area contributed by atoms with E-state index in [0.29, 0.717) is 28.5 Å². The van der Waals surface area contributed by atoms with Crippen molar-refractivity contribution >= 4 is 22.6 Å². The first-order chi connectivity index (χ1) is 15.7. The molecule has 1 fully saturated rings. The van der Waals surface area contributed by atoms with E-state index in [2.05, 4.69) is 37.5 Å². The SMILES string of the molecule is COc1ccccc1C(=O)Nc1c[nH]nc1-c1nc2cc(CN3CCOCC3)ccc2[nH]1. The highest BCUT2D eigenvalue weighted by atomic mass is 16.5. The highest BCUT2D eigenvalue weighted by Gasteiger charge is 2.18. The molecule has 9 heteroatoms. The van der Waals surface area contributed by atoms with Gasteiger partial charge in [-0.15, -0.1) is 0 Å². The summed E-state index contributed by atoms with van der Waals surface area (Å²) in [6, 6.07) is 13.3. The zero-order chi connectivity index (χ0) is 21.9. The number of nitrogens with one attached hydrogen (secondary N) is 3. The fourth-order valence-electron chi connectivity index (χ4n) is 3.87. The number of para-hydroxylation sites is 1. The summed E-state index contributed by atoms with van der Waals surface area (Å²) < 4.78 is 10.7. The summed E-state index contributed by atoms with van der Waals surface area (Å²) >= 11 is 0. The Bertz CT molecular complexity index is 1240. The average Bonchev–Trinajstić information content (AvgIpc) is 3.46. The average molecular weight is 432 g/mol. The van der Waals surface area contributed by atoms with Crippen LogP contribution in [0, 0.1) is 0 Å². The molecule has 1 saturated heterocycles. The molecular formula is C23H24N6O3. The van der Waals surface area contributed by atoms with Crippen LogP contribution < -0.4 is 10.1 Å². The van der Waals surface area contributed by atoms with Crippen molar-refractivity contribution in [3.05, 3.63) is 59.8 Å². The highest BCUT2D eigenvalue weighted by molar-refractivity contribution is 6.07. The molecule has 1 aliphatic rings. The van der Waals surface area contributed by atoms with Gasteiger partial charge in [-0.25, -0.2) is 4.98 Å². The van der Waals surface area contributed by atoms with Gasteiger partial charge in [0.2, 0.25) is 0 Å². The molecule has 0 aliphatic carbocycles. The van der Waals surface area contributed by atoms with Gasteiger partial charge in [0.1, 0.15) is 5.75 Å². The van der Waals surface area contributed by atoms with Crippen LogP contribution in [0.1, 0.15) is 15.9 Å². The van der Waals surface area contributed by atoms with E-state index in [1.807, 2.05) is 12.1 Å². The molecule has 5 rings (SSSR count). The van der Waals surface area contributed by atoms with Crippen molar-refractivity contribution in [1.82, 2.24) is 25.1 Å². The van der Waals surface area contributed by atoms with Crippen molar-refractivity contribution in [2.45, 2.75) is 6.54 Å². The number of H-pyrrole nitrogens is 2. The number of hydrogen-bond acceptors (Lipinski definition) is 6. The standard InChI is InChI=1S/C23H24N6O3/c1-31-20-5-3-2-4-16(20)23(30)27-19-13-24-28-21(19)22-25-17-7-6-15(12-18(17)26-22)14-29-8-10-32-11-9-29/h2-7,12-13H,8-11,14H2,1H3,(H,24,28)(H,25,26)(H,27,30). The summed E-state index contributed by atoms with van der Waals surface area (Å²) in [6.45, 7) is 4.29. The second-order valence-corrected chi connectivity index (χ2v) is 7.63. The molecule has 3 N–H and O–H groups in total. The van der Waals surface area contributed by atoms with E-state index in [0.717, 1.165) is 43.9 Å². The van der Waals surface area contributed by atoms with Gasteiger partial charge < -0.3 is 19.8 Å². The van der Waals surface area contributed by atoms with E-state index < -0.39 is 0 Å². The van der Waals surface area contributed by atoms with Gasteiger partial charge in [0.25, 0.3) is 5.91 Å². The molecule has 4 aromatic rings. The Balaban J connectivity index is 1.38.